The van der Waals surface area contributed by atoms with E-state index < -0.39 is 0 Å². The molecule has 7 rings (SSSR count). The van der Waals surface area contributed by atoms with Gasteiger partial charge in [0.2, 0.25) is 0 Å². The lowest BCUT2D eigenvalue weighted by Gasteiger charge is -2.34. The van der Waals surface area contributed by atoms with Gasteiger partial charge in [-0.15, -0.1) is 0 Å². The van der Waals surface area contributed by atoms with Gasteiger partial charge in [-0.1, -0.05) is 48.9 Å². The fourth-order valence-electron chi connectivity index (χ4n) is 7.41. The molecule has 5 heterocycles. The summed E-state index contributed by atoms with van der Waals surface area (Å²) in [5, 5.41) is 19.4. The maximum atomic E-state index is 13.5. The van der Waals surface area contributed by atoms with Gasteiger partial charge in [0.15, 0.2) is 5.65 Å². The highest BCUT2D eigenvalue weighted by Crippen LogP contribution is 2.32. The Balaban J connectivity index is 1.02. The molecule has 0 unspecified atom stereocenters. The van der Waals surface area contributed by atoms with Gasteiger partial charge in [0, 0.05) is 93.0 Å². The average molecular weight is 764 g/mol. The van der Waals surface area contributed by atoms with Gasteiger partial charge in [0.25, 0.3) is 11.8 Å². The van der Waals surface area contributed by atoms with Crippen molar-refractivity contribution in [2.45, 2.75) is 78.3 Å². The number of halogens is 1. The molecule has 288 valence electrons. The maximum absolute atomic E-state index is 13.5. The number of fused-ring (bicyclic) bond motifs is 1. The number of hydrogen-bond acceptors (Lipinski definition) is 9. The Morgan fingerprint density at radius 1 is 0.945 bits per heavy atom. The summed E-state index contributed by atoms with van der Waals surface area (Å²) in [6.45, 7) is 12.9. The van der Waals surface area contributed by atoms with Gasteiger partial charge in [-0.2, -0.15) is 5.10 Å². The number of nitrogens with one attached hydrogen (secondary N) is 4. The molecule has 2 aliphatic rings. The third kappa shape index (κ3) is 8.99. The molecule has 0 saturated carbocycles. The molecule has 55 heavy (non-hydrogen) atoms. The molecule has 5 aromatic rings. The lowest BCUT2D eigenvalue weighted by molar-refractivity contribution is 0.0904. The maximum Gasteiger partial charge on any atom is 0.270 e. The summed E-state index contributed by atoms with van der Waals surface area (Å²) in [4.78, 5) is 38.8. The minimum atomic E-state index is -0.381. The van der Waals surface area contributed by atoms with E-state index in [4.69, 9.17) is 21.3 Å². The number of carbonyl (C=O) groups excluding carboxylic acids is 2. The number of nitrogens with zero attached hydrogens (tertiary/aromatic N) is 5. The Bertz CT molecular complexity index is 2150. The van der Waals surface area contributed by atoms with E-state index in [0.29, 0.717) is 37.2 Å². The number of amides is 2. The molecule has 2 aromatic carbocycles. The molecule has 2 aliphatic heterocycles. The van der Waals surface area contributed by atoms with Gasteiger partial charge in [-0.05, 0) is 80.1 Å². The molecule has 13 heteroatoms. The number of aromatic nitrogens is 4. The normalized spacial score (nSPS) is 16.6. The standard InChI is InChI=1S/C42H50ClN9O3/c1-4-36-33(39(48-31-14-18-55-19-15-31)34-25-47-52(5-2)40(34)50-36)24-46-42(54)38-11-7-10-37(49-38)41(53)45-23-28-12-13-35(43)32(21-28)30-9-6-8-29(20-30)26-51-17-16-44-22-27(51)3/h6-13,20-21,25,27,31,44H,4-5,14-19,22-24,26H2,1-3H3,(H,45,53)(H,46,54)(H,48,50)/t27-/m0/s1. The van der Waals surface area contributed by atoms with E-state index in [0.717, 1.165) is 83.7 Å². The van der Waals surface area contributed by atoms with Gasteiger partial charge in [0.1, 0.15) is 11.4 Å². The van der Waals surface area contributed by atoms with Crippen molar-refractivity contribution in [1.29, 1.82) is 0 Å². The largest absolute Gasteiger partial charge is 0.381 e. The molecule has 0 bridgehead atoms. The number of rotatable bonds is 13. The summed E-state index contributed by atoms with van der Waals surface area (Å²) in [6, 6.07) is 19.9. The third-order valence-corrected chi connectivity index (χ3v) is 10.9. The highest BCUT2D eigenvalue weighted by molar-refractivity contribution is 6.33. The van der Waals surface area contributed by atoms with E-state index in [1.165, 1.54) is 5.56 Å². The summed E-state index contributed by atoms with van der Waals surface area (Å²) in [5.41, 5.74) is 7.95. The highest BCUT2D eigenvalue weighted by Gasteiger charge is 2.23. The van der Waals surface area contributed by atoms with Crippen LogP contribution >= 0.6 is 11.6 Å². The summed E-state index contributed by atoms with van der Waals surface area (Å²) >= 11 is 6.70. The topological polar surface area (TPSA) is 138 Å². The number of aryl methyl sites for hydroxylation is 2. The predicted octanol–water partition coefficient (Wildman–Crippen LogP) is 5.97. The second kappa shape index (κ2) is 17.7. The molecule has 1 atom stereocenters. The smallest absolute Gasteiger partial charge is 0.270 e. The second-order valence-corrected chi connectivity index (χ2v) is 14.7. The van der Waals surface area contributed by atoms with E-state index in [1.807, 2.05) is 36.0 Å². The van der Waals surface area contributed by atoms with Crippen molar-refractivity contribution in [2.24, 2.45) is 0 Å². The zero-order chi connectivity index (χ0) is 38.3. The van der Waals surface area contributed by atoms with Crippen molar-refractivity contribution in [2.75, 3.05) is 38.2 Å². The van der Waals surface area contributed by atoms with Crippen LogP contribution in [0.25, 0.3) is 22.2 Å². The number of carbonyl (C=O) groups is 2. The molecule has 12 nitrogen and oxygen atoms in total. The van der Waals surface area contributed by atoms with E-state index in [1.54, 1.807) is 18.2 Å². The fraction of sp³-hybridized carbons (Fsp3) is 0.405. The molecule has 3 aromatic heterocycles. The van der Waals surface area contributed by atoms with Crippen LogP contribution in [0.3, 0.4) is 0 Å². The summed E-state index contributed by atoms with van der Waals surface area (Å²) in [5.74, 6) is -0.758. The monoisotopic (exact) mass is 763 g/mol. The molecule has 0 radical (unpaired) electrons. The molecule has 4 N–H and O–H groups in total. The van der Waals surface area contributed by atoms with E-state index in [-0.39, 0.29) is 42.3 Å². The first-order valence-corrected chi connectivity index (χ1v) is 19.8. The first-order valence-electron chi connectivity index (χ1n) is 19.4. The van der Waals surface area contributed by atoms with E-state index in [9.17, 15) is 9.59 Å². The van der Waals surface area contributed by atoms with Gasteiger partial charge >= 0.3 is 0 Å². The lowest BCUT2D eigenvalue weighted by atomic mass is 10.00. The zero-order valence-corrected chi connectivity index (χ0v) is 32.6. The minimum Gasteiger partial charge on any atom is -0.381 e. The lowest BCUT2D eigenvalue weighted by Crippen LogP contribution is -2.49. The van der Waals surface area contributed by atoms with Crippen LogP contribution in [0.15, 0.2) is 66.9 Å². The molecule has 2 amide bonds. The van der Waals surface area contributed by atoms with E-state index in [2.05, 4.69) is 74.4 Å². The third-order valence-electron chi connectivity index (χ3n) is 10.6. The Labute approximate surface area is 327 Å². The molecule has 2 saturated heterocycles. The van der Waals surface area contributed by atoms with Crippen molar-refractivity contribution in [3.63, 3.8) is 0 Å². The Morgan fingerprint density at radius 2 is 1.71 bits per heavy atom. The van der Waals surface area contributed by atoms with Crippen LogP contribution in [-0.4, -0.2) is 81.4 Å². The Kier molecular flexibility index (Phi) is 12.4. The first-order chi connectivity index (χ1) is 26.8. The SMILES string of the molecule is CCc1nc2c(cnn2CC)c(NC2CCOCC2)c1CNC(=O)c1cccc(C(=O)NCc2ccc(Cl)c(-c3cccc(CN4CCNC[C@@H]4C)c3)c2)n1. The van der Waals surface area contributed by atoms with Crippen LogP contribution in [0, 0.1) is 0 Å². The fourth-order valence-corrected chi connectivity index (χ4v) is 7.64. The number of anilines is 1. The van der Waals surface area contributed by atoms with Crippen molar-refractivity contribution < 1.29 is 14.3 Å². The summed E-state index contributed by atoms with van der Waals surface area (Å²) < 4.78 is 7.49. The van der Waals surface area contributed by atoms with Gasteiger partial charge < -0.3 is 26.0 Å². The Morgan fingerprint density at radius 3 is 2.45 bits per heavy atom. The van der Waals surface area contributed by atoms with Crippen molar-refractivity contribution in [3.8, 4) is 11.1 Å². The first kappa shape index (κ1) is 38.4. The van der Waals surface area contributed by atoms with Gasteiger partial charge in [0.05, 0.1) is 17.3 Å². The van der Waals surface area contributed by atoms with Crippen LogP contribution in [0.1, 0.15) is 77.0 Å². The Hall–Kier alpha value is -4.88. The van der Waals surface area contributed by atoms with Crippen LogP contribution in [0.4, 0.5) is 5.69 Å². The van der Waals surface area contributed by atoms with Crippen molar-refractivity contribution in [3.05, 3.63) is 106 Å². The number of pyridine rings is 2. The quantitative estimate of drug-likeness (QED) is 0.114. The molecule has 0 aliphatic carbocycles. The average Bonchev–Trinajstić information content (AvgIpc) is 3.64. The van der Waals surface area contributed by atoms with Crippen LogP contribution < -0.4 is 21.3 Å². The number of ether oxygens (including phenoxy) is 1. The van der Waals surface area contributed by atoms with Crippen molar-refractivity contribution in [1.82, 2.24) is 40.6 Å². The van der Waals surface area contributed by atoms with Crippen LogP contribution in [0.5, 0.6) is 0 Å². The summed E-state index contributed by atoms with van der Waals surface area (Å²) in [7, 11) is 0. The number of piperazine rings is 1. The number of hydrogen-bond donors (Lipinski definition) is 4. The van der Waals surface area contributed by atoms with Crippen LogP contribution in [0.2, 0.25) is 5.02 Å². The van der Waals surface area contributed by atoms with Gasteiger partial charge in [-0.25, -0.2) is 14.6 Å². The number of benzene rings is 2. The minimum absolute atomic E-state index is 0.154. The highest BCUT2D eigenvalue weighted by atomic mass is 35.5. The van der Waals surface area contributed by atoms with E-state index >= 15 is 0 Å². The predicted molar refractivity (Wildman–Crippen MR) is 216 cm³/mol. The van der Waals surface area contributed by atoms with Crippen molar-refractivity contribution >= 4 is 40.1 Å². The van der Waals surface area contributed by atoms with Crippen LogP contribution in [-0.2, 0) is 37.3 Å². The second-order valence-electron chi connectivity index (χ2n) is 14.3. The van der Waals surface area contributed by atoms with Gasteiger partial charge in [-0.3, -0.25) is 14.5 Å². The molecular weight excluding hydrogens is 714 g/mol. The molecule has 2 fully saturated rings. The molecule has 0 spiro atoms. The summed E-state index contributed by atoms with van der Waals surface area (Å²) in [6.07, 6.45) is 4.31. The zero-order valence-electron chi connectivity index (χ0n) is 31.8. The molecular formula is C42H50ClN9O3.